The number of fused-ring (bicyclic) bond motifs is 1. The molecular weight excluding hydrogens is 434 g/mol. The van der Waals surface area contributed by atoms with E-state index in [0.717, 1.165) is 0 Å². The number of anilines is 1. The zero-order valence-electron chi connectivity index (χ0n) is 16.8. The Labute approximate surface area is 186 Å². The summed E-state index contributed by atoms with van der Waals surface area (Å²) in [6.07, 6.45) is 0. The highest BCUT2D eigenvalue weighted by Crippen LogP contribution is 2.28. The van der Waals surface area contributed by atoms with Crippen LogP contribution in [0.15, 0.2) is 69.9 Å². The van der Waals surface area contributed by atoms with Gasteiger partial charge >= 0.3 is 0 Å². The molecule has 2 heterocycles. The number of para-hydroxylation sites is 2. The lowest BCUT2D eigenvalue weighted by molar-refractivity contribution is -0.113. The van der Waals surface area contributed by atoms with Crippen LogP contribution < -0.4 is 20.3 Å². The van der Waals surface area contributed by atoms with Gasteiger partial charge in [-0.3, -0.25) is 14.2 Å². The molecule has 0 unspecified atom stereocenters. The summed E-state index contributed by atoms with van der Waals surface area (Å²) in [4.78, 5) is 30.4. The lowest BCUT2D eigenvalue weighted by atomic mass is 10.3. The van der Waals surface area contributed by atoms with Gasteiger partial charge in [-0.25, -0.2) is 4.98 Å². The predicted molar refractivity (Wildman–Crippen MR) is 124 cm³/mol. The van der Waals surface area contributed by atoms with E-state index < -0.39 is 0 Å². The molecule has 0 aliphatic rings. The van der Waals surface area contributed by atoms with Crippen LogP contribution in [0, 0.1) is 0 Å². The van der Waals surface area contributed by atoms with Gasteiger partial charge in [-0.05, 0) is 47.8 Å². The highest BCUT2D eigenvalue weighted by molar-refractivity contribution is 7.99. The van der Waals surface area contributed by atoms with Gasteiger partial charge in [0.2, 0.25) is 5.91 Å². The molecule has 0 fully saturated rings. The fourth-order valence-electron chi connectivity index (χ4n) is 3.02. The predicted octanol–water partition coefficient (Wildman–Crippen LogP) is 4.20. The largest absolute Gasteiger partial charge is 0.497 e. The van der Waals surface area contributed by atoms with Gasteiger partial charge in [0, 0.05) is 5.69 Å². The molecule has 0 bridgehead atoms. The van der Waals surface area contributed by atoms with Gasteiger partial charge in [0.15, 0.2) is 5.16 Å². The maximum Gasteiger partial charge on any atom is 0.276 e. The van der Waals surface area contributed by atoms with Crippen molar-refractivity contribution in [3.05, 3.63) is 70.3 Å². The van der Waals surface area contributed by atoms with Gasteiger partial charge in [0.05, 0.1) is 31.2 Å². The highest BCUT2D eigenvalue weighted by atomic mass is 32.2. The molecule has 0 radical (unpaired) electrons. The van der Waals surface area contributed by atoms with Crippen LogP contribution in [-0.2, 0) is 4.79 Å². The fraction of sp³-hybridized carbons (Fsp3) is 0.136. The van der Waals surface area contributed by atoms with Crippen molar-refractivity contribution in [2.75, 3.05) is 25.3 Å². The molecule has 2 aromatic heterocycles. The van der Waals surface area contributed by atoms with E-state index in [9.17, 15) is 9.59 Å². The summed E-state index contributed by atoms with van der Waals surface area (Å²) in [5.74, 6) is 1.14. The second-order valence-electron chi connectivity index (χ2n) is 6.41. The number of carbonyl (C=O) groups is 1. The molecule has 9 heteroatoms. The summed E-state index contributed by atoms with van der Waals surface area (Å²) < 4.78 is 12.6. The number of rotatable bonds is 7. The molecular formula is C22H19N3O4S2. The molecule has 4 rings (SSSR count). The number of nitrogens with one attached hydrogen (secondary N) is 1. The van der Waals surface area contributed by atoms with Crippen molar-refractivity contribution in [2.24, 2.45) is 0 Å². The van der Waals surface area contributed by atoms with E-state index in [-0.39, 0.29) is 17.2 Å². The van der Waals surface area contributed by atoms with E-state index in [1.54, 1.807) is 56.7 Å². The van der Waals surface area contributed by atoms with Gasteiger partial charge in [-0.1, -0.05) is 23.9 Å². The third-order valence-electron chi connectivity index (χ3n) is 4.48. The van der Waals surface area contributed by atoms with E-state index in [1.165, 1.54) is 27.7 Å². The van der Waals surface area contributed by atoms with E-state index in [4.69, 9.17) is 9.47 Å². The van der Waals surface area contributed by atoms with E-state index in [0.29, 0.717) is 38.2 Å². The minimum atomic E-state index is -0.207. The zero-order valence-corrected chi connectivity index (χ0v) is 18.5. The lowest BCUT2D eigenvalue weighted by Gasteiger charge is -2.14. The first kappa shape index (κ1) is 21.0. The van der Waals surface area contributed by atoms with Crippen molar-refractivity contribution in [2.45, 2.75) is 5.16 Å². The quantitative estimate of drug-likeness (QED) is 0.334. The lowest BCUT2D eigenvalue weighted by Crippen LogP contribution is -2.22. The normalized spacial score (nSPS) is 10.8. The first-order chi connectivity index (χ1) is 15.1. The maximum atomic E-state index is 13.2. The summed E-state index contributed by atoms with van der Waals surface area (Å²) in [6, 6.07) is 16.1. The summed E-state index contributed by atoms with van der Waals surface area (Å²) in [5.41, 5.74) is 1.66. The van der Waals surface area contributed by atoms with Crippen LogP contribution in [0.4, 0.5) is 5.69 Å². The van der Waals surface area contributed by atoms with Gasteiger partial charge in [-0.15, -0.1) is 11.3 Å². The van der Waals surface area contributed by atoms with Crippen LogP contribution in [0.25, 0.3) is 15.9 Å². The van der Waals surface area contributed by atoms with E-state index in [2.05, 4.69) is 10.3 Å². The number of carbonyl (C=O) groups excluding carboxylic acids is 1. The number of hydrogen-bond donors (Lipinski definition) is 1. The van der Waals surface area contributed by atoms with Crippen molar-refractivity contribution >= 4 is 44.9 Å². The Morgan fingerprint density at radius 1 is 1.10 bits per heavy atom. The number of thioether (sulfide) groups is 1. The SMILES string of the molecule is COc1ccc(NC(=O)CSc2nc3ccsc3c(=O)n2-c2ccccc2OC)cc1. The van der Waals surface area contributed by atoms with Crippen LogP contribution in [0.5, 0.6) is 11.5 Å². The Bertz CT molecular complexity index is 1280. The Morgan fingerprint density at radius 2 is 1.87 bits per heavy atom. The third-order valence-corrected chi connectivity index (χ3v) is 6.31. The van der Waals surface area contributed by atoms with Gasteiger partial charge in [0.25, 0.3) is 5.56 Å². The van der Waals surface area contributed by atoms with E-state index in [1.807, 2.05) is 17.5 Å². The van der Waals surface area contributed by atoms with Crippen LogP contribution >= 0.6 is 23.1 Å². The molecule has 0 spiro atoms. The van der Waals surface area contributed by atoms with Gasteiger partial charge in [0.1, 0.15) is 16.2 Å². The maximum absolute atomic E-state index is 13.2. The van der Waals surface area contributed by atoms with Crippen LogP contribution in [0.2, 0.25) is 0 Å². The number of hydrogen-bond acceptors (Lipinski definition) is 7. The molecule has 158 valence electrons. The second-order valence-corrected chi connectivity index (χ2v) is 8.27. The molecule has 1 N–H and O–H groups in total. The summed E-state index contributed by atoms with van der Waals surface area (Å²) >= 11 is 2.53. The van der Waals surface area contributed by atoms with Crippen molar-refractivity contribution in [3.63, 3.8) is 0 Å². The van der Waals surface area contributed by atoms with Crippen LogP contribution in [0.1, 0.15) is 0 Å². The average molecular weight is 454 g/mol. The first-order valence-electron chi connectivity index (χ1n) is 9.31. The Kier molecular flexibility index (Phi) is 6.24. The Balaban J connectivity index is 1.63. The zero-order chi connectivity index (χ0) is 21.8. The number of methoxy groups -OCH3 is 2. The standard InChI is InChI=1S/C22H19N3O4S2/c1-28-15-9-7-14(8-10-15)23-19(26)13-31-22-24-16-11-12-30-20(16)21(27)25(22)17-5-3-4-6-18(17)29-2/h3-12H,13H2,1-2H3,(H,23,26). The Hall–Kier alpha value is -3.30. The molecule has 31 heavy (non-hydrogen) atoms. The number of thiophene rings is 1. The molecule has 0 atom stereocenters. The topological polar surface area (TPSA) is 82.5 Å². The monoisotopic (exact) mass is 453 g/mol. The molecule has 0 aliphatic carbocycles. The second kappa shape index (κ2) is 9.23. The molecule has 4 aromatic rings. The molecule has 2 aromatic carbocycles. The molecule has 1 amide bonds. The number of benzene rings is 2. The van der Waals surface area contributed by atoms with Gasteiger partial charge < -0.3 is 14.8 Å². The summed E-state index contributed by atoms with van der Waals surface area (Å²) in [5, 5.41) is 5.09. The number of aromatic nitrogens is 2. The highest BCUT2D eigenvalue weighted by Gasteiger charge is 2.18. The van der Waals surface area contributed by atoms with E-state index >= 15 is 0 Å². The Morgan fingerprint density at radius 3 is 2.61 bits per heavy atom. The molecule has 7 nitrogen and oxygen atoms in total. The van der Waals surface area contributed by atoms with Crippen molar-refractivity contribution < 1.29 is 14.3 Å². The van der Waals surface area contributed by atoms with Crippen molar-refractivity contribution in [3.8, 4) is 17.2 Å². The van der Waals surface area contributed by atoms with Gasteiger partial charge in [-0.2, -0.15) is 0 Å². The fourth-order valence-corrected chi connectivity index (χ4v) is 4.58. The third kappa shape index (κ3) is 4.42. The number of nitrogens with zero attached hydrogens (tertiary/aromatic N) is 2. The summed E-state index contributed by atoms with van der Waals surface area (Å²) in [7, 11) is 3.14. The number of amides is 1. The average Bonchev–Trinajstić information content (AvgIpc) is 3.27. The van der Waals surface area contributed by atoms with Crippen molar-refractivity contribution in [1.82, 2.24) is 9.55 Å². The van der Waals surface area contributed by atoms with Crippen LogP contribution in [-0.4, -0.2) is 35.4 Å². The minimum Gasteiger partial charge on any atom is -0.497 e. The van der Waals surface area contributed by atoms with Crippen LogP contribution in [0.3, 0.4) is 0 Å². The first-order valence-corrected chi connectivity index (χ1v) is 11.2. The molecule has 0 saturated heterocycles. The summed E-state index contributed by atoms with van der Waals surface area (Å²) in [6.45, 7) is 0. The molecule has 0 saturated carbocycles. The number of ether oxygens (including phenoxy) is 2. The minimum absolute atomic E-state index is 0.0866. The smallest absolute Gasteiger partial charge is 0.276 e. The van der Waals surface area contributed by atoms with Crippen molar-refractivity contribution in [1.29, 1.82) is 0 Å². The molecule has 0 aliphatic heterocycles.